The zero-order valence-corrected chi connectivity index (χ0v) is 34.7. The van der Waals surface area contributed by atoms with E-state index in [4.69, 9.17) is 28.1 Å². The van der Waals surface area contributed by atoms with Crippen LogP contribution in [0.3, 0.4) is 0 Å². The molecular weight excluding hydrogens is 699 g/mol. The first-order valence-corrected chi connectivity index (χ1v) is 21.7. The molecule has 1 aliphatic heterocycles. The Kier molecular flexibility index (Phi) is 10.4. The Bertz CT molecular complexity index is 1650. The van der Waals surface area contributed by atoms with Crippen molar-refractivity contribution < 1.29 is 52.4 Å². The molecule has 1 aromatic carbocycles. The molecule has 4 aliphatic rings. The minimum Gasteiger partial charge on any atom is -0.541 e. The van der Waals surface area contributed by atoms with E-state index in [1.54, 1.807) is 47.6 Å². The monoisotopic (exact) mass is 757 g/mol. The number of hydrogen-bond donors (Lipinski definition) is 2. The van der Waals surface area contributed by atoms with Crippen molar-refractivity contribution in [2.24, 2.45) is 11.8 Å². The van der Waals surface area contributed by atoms with Crippen molar-refractivity contribution in [1.82, 2.24) is 5.32 Å². The summed E-state index contributed by atoms with van der Waals surface area (Å²) in [5.74, 6) is -0.751. The van der Waals surface area contributed by atoms with Gasteiger partial charge in [0.2, 0.25) is 0 Å². The molecule has 12 nitrogen and oxygen atoms in total. The molecule has 5 rings (SSSR count). The fourth-order valence-corrected chi connectivity index (χ4v) is 9.01. The topological polar surface area (TPSA) is 156 Å². The molecule has 1 heterocycles. The van der Waals surface area contributed by atoms with Gasteiger partial charge in [0.25, 0.3) is 14.2 Å². The van der Waals surface area contributed by atoms with Crippen LogP contribution >= 0.6 is 0 Å². The predicted molar refractivity (Wildman–Crippen MR) is 199 cm³/mol. The van der Waals surface area contributed by atoms with Gasteiger partial charge in [-0.1, -0.05) is 33.8 Å². The smallest absolute Gasteiger partial charge is 0.509 e. The maximum Gasteiger partial charge on any atom is 0.509 e. The van der Waals surface area contributed by atoms with Crippen molar-refractivity contribution in [2.45, 2.75) is 167 Å². The minimum absolute atomic E-state index is 0.0217. The molecule has 13 heteroatoms. The van der Waals surface area contributed by atoms with E-state index >= 15 is 0 Å². The molecule has 7 atom stereocenters. The summed E-state index contributed by atoms with van der Waals surface area (Å²) in [7, 11) is -2.30. The number of rotatable bonds is 9. The first kappa shape index (κ1) is 40.6. The van der Waals surface area contributed by atoms with Crippen LogP contribution in [-0.2, 0) is 45.2 Å². The van der Waals surface area contributed by atoms with Gasteiger partial charge >= 0.3 is 18.1 Å². The maximum atomic E-state index is 13.7. The molecule has 1 aromatic rings. The zero-order chi connectivity index (χ0) is 39.7. The molecule has 1 fully saturated rings. The summed E-state index contributed by atoms with van der Waals surface area (Å²) in [5.41, 5.74) is -1.72. The van der Waals surface area contributed by atoms with Crippen LogP contribution in [0.4, 0.5) is 4.79 Å². The number of amides is 1. The molecule has 53 heavy (non-hydrogen) atoms. The third-order valence-corrected chi connectivity index (χ3v) is 15.9. The number of ether oxygens (including phenoxy) is 5. The Morgan fingerprint density at radius 2 is 1.66 bits per heavy atom. The van der Waals surface area contributed by atoms with Gasteiger partial charge in [-0.05, 0) is 122 Å². The lowest BCUT2D eigenvalue weighted by atomic mass is 9.45. The zero-order valence-electron chi connectivity index (χ0n) is 33.7. The van der Waals surface area contributed by atoms with Crippen molar-refractivity contribution in [1.29, 1.82) is 0 Å². The normalized spacial score (nSPS) is 27.2. The first-order chi connectivity index (χ1) is 24.2. The number of carbonyl (C=O) groups is 4. The average molecular weight is 758 g/mol. The molecule has 294 valence electrons. The van der Waals surface area contributed by atoms with E-state index in [9.17, 15) is 24.3 Å². The summed E-state index contributed by atoms with van der Waals surface area (Å²) in [6.07, 6.45) is -0.0115. The SMILES string of the molecule is CC1CC[C@]23c4c5ccc(O[Si](C)(C)C(C)(C)C)c4O[C@H]2C(OC(=O)[C@H](C)NC(=O)[C@H](CC(=O)OC(C)(C)C)OC(=O)OC(C)(C)C)=CC[C@@]3(O)[C@H]1C5. The van der Waals surface area contributed by atoms with Crippen molar-refractivity contribution in [3.63, 3.8) is 0 Å². The molecule has 1 spiro atoms. The molecule has 0 radical (unpaired) electrons. The van der Waals surface area contributed by atoms with E-state index in [2.05, 4.69) is 52.2 Å². The molecule has 1 amide bonds. The Balaban J connectivity index is 1.40. The fraction of sp³-hybridized carbons (Fsp3) is 0.700. The minimum atomic E-state index is -2.30. The Hall–Kier alpha value is -3.58. The molecule has 0 aromatic heterocycles. The highest BCUT2D eigenvalue weighted by Crippen LogP contribution is 2.68. The number of esters is 2. The van der Waals surface area contributed by atoms with Gasteiger partial charge in [-0.2, -0.15) is 0 Å². The fourth-order valence-electron chi connectivity index (χ4n) is 7.99. The second kappa shape index (κ2) is 13.6. The van der Waals surface area contributed by atoms with E-state index in [-0.39, 0.29) is 29.1 Å². The van der Waals surface area contributed by atoms with Gasteiger partial charge in [0, 0.05) is 5.56 Å². The summed E-state index contributed by atoms with van der Waals surface area (Å²) >= 11 is 0. The second-order valence-corrected chi connectivity index (χ2v) is 23.6. The van der Waals surface area contributed by atoms with Crippen LogP contribution in [0.5, 0.6) is 11.5 Å². The molecule has 0 saturated heterocycles. The number of hydrogen-bond acceptors (Lipinski definition) is 11. The highest BCUT2D eigenvalue weighted by Gasteiger charge is 2.72. The Morgan fingerprint density at radius 3 is 2.26 bits per heavy atom. The Morgan fingerprint density at radius 1 is 1.02 bits per heavy atom. The summed E-state index contributed by atoms with van der Waals surface area (Å²) in [5, 5.41) is 15.2. The quantitative estimate of drug-likeness (QED) is 0.155. The number of aliphatic hydroxyl groups is 1. The van der Waals surface area contributed by atoms with Crippen molar-refractivity contribution >= 4 is 32.3 Å². The van der Waals surface area contributed by atoms with Crippen molar-refractivity contribution in [2.75, 3.05) is 0 Å². The lowest BCUT2D eigenvalue weighted by Gasteiger charge is -2.61. The van der Waals surface area contributed by atoms with Gasteiger partial charge in [-0.15, -0.1) is 0 Å². The largest absolute Gasteiger partial charge is 0.541 e. The van der Waals surface area contributed by atoms with Gasteiger partial charge in [0.1, 0.15) is 28.8 Å². The summed E-state index contributed by atoms with van der Waals surface area (Å²) in [6, 6.07) is 2.86. The third-order valence-electron chi connectivity index (χ3n) is 11.5. The van der Waals surface area contributed by atoms with Crippen molar-refractivity contribution in [3.8, 4) is 11.5 Å². The number of nitrogens with one attached hydrogen (secondary N) is 1. The van der Waals surface area contributed by atoms with E-state index in [1.807, 2.05) is 6.07 Å². The third kappa shape index (κ3) is 7.70. The maximum absolute atomic E-state index is 13.7. The molecule has 1 saturated carbocycles. The van der Waals surface area contributed by atoms with Gasteiger partial charge in [0.05, 0.1) is 17.4 Å². The van der Waals surface area contributed by atoms with E-state index in [0.29, 0.717) is 24.3 Å². The van der Waals surface area contributed by atoms with Crippen molar-refractivity contribution in [3.05, 3.63) is 35.1 Å². The molecule has 3 aliphatic carbocycles. The standard InChI is InChI=1S/C40H59NO11Si/c1-22-16-18-39-30-24-14-15-26(52-53(12,13)38(9,10)11)31(30)49-32(39)27(17-19-40(39,46)25(22)20-24)47-34(44)23(2)41-33(43)28(21-29(42)50-36(3,4)5)48-35(45)51-37(6,7)8/h14-15,17,22-23,25,28,32,46H,16,18-21H2,1-13H3,(H,41,43)/t22?,23-,25-,28-,32-,39-,40+/m0/s1. The predicted octanol–water partition coefficient (Wildman–Crippen LogP) is 6.79. The van der Waals surface area contributed by atoms with E-state index in [1.165, 1.54) is 6.92 Å². The highest BCUT2D eigenvalue weighted by atomic mass is 28.4. The van der Waals surface area contributed by atoms with Crippen LogP contribution in [-0.4, -0.2) is 72.5 Å². The summed E-state index contributed by atoms with van der Waals surface area (Å²) in [6.45, 7) is 24.4. The first-order valence-electron chi connectivity index (χ1n) is 18.8. The van der Waals surface area contributed by atoms with E-state index in [0.717, 1.165) is 17.5 Å². The number of benzene rings is 1. The van der Waals surface area contributed by atoms with E-state index < -0.39 is 79.2 Å². The van der Waals surface area contributed by atoms with Crippen LogP contribution < -0.4 is 14.5 Å². The molecular formula is C40H59NO11Si. The summed E-state index contributed by atoms with van der Waals surface area (Å²) in [4.78, 5) is 52.4. The van der Waals surface area contributed by atoms with Crippen LogP contribution in [0, 0.1) is 11.8 Å². The van der Waals surface area contributed by atoms with Gasteiger partial charge in [-0.3, -0.25) is 9.59 Å². The second-order valence-electron chi connectivity index (χ2n) is 18.8. The van der Waals surface area contributed by atoms with Gasteiger partial charge in [-0.25, -0.2) is 9.59 Å². The van der Waals surface area contributed by atoms with Gasteiger partial charge < -0.3 is 38.5 Å². The number of carbonyl (C=O) groups excluding carboxylic acids is 4. The lowest BCUT2D eigenvalue weighted by molar-refractivity contribution is -0.171. The van der Waals surface area contributed by atoms with Gasteiger partial charge in [0.15, 0.2) is 18.0 Å². The Labute approximate surface area is 314 Å². The van der Waals surface area contributed by atoms with Crippen LogP contribution in [0.1, 0.15) is 113 Å². The molecule has 1 unspecified atom stereocenters. The molecule has 2 bridgehead atoms. The lowest BCUT2D eigenvalue weighted by Crippen LogP contribution is -2.69. The summed E-state index contributed by atoms with van der Waals surface area (Å²) < 4.78 is 35.5. The van der Waals surface area contributed by atoms with Crippen LogP contribution in [0.15, 0.2) is 24.0 Å². The average Bonchev–Trinajstić information content (AvgIpc) is 3.34. The highest BCUT2D eigenvalue weighted by molar-refractivity contribution is 6.74. The molecule has 2 N–H and O–H groups in total. The van der Waals surface area contributed by atoms with Crippen LogP contribution in [0.2, 0.25) is 18.1 Å². The van der Waals surface area contributed by atoms with Crippen LogP contribution in [0.25, 0.3) is 0 Å².